The van der Waals surface area contributed by atoms with Gasteiger partial charge in [-0.3, -0.25) is 119 Å². The Balaban J connectivity index is 7.67. The third kappa shape index (κ3) is 42.1. The number of carbonyl (C=O) groups is 24. The smallest absolute Gasteiger partial charge is 0.262 e. The summed E-state index contributed by atoms with van der Waals surface area (Å²) in [5.41, 5.74) is 0. The van der Waals surface area contributed by atoms with Gasteiger partial charge < -0.3 is 123 Å². The van der Waals surface area contributed by atoms with Crippen LogP contribution < -0.4 is 122 Å². The number of hydrogen-bond donors (Lipinski definition) is 23. The third-order valence-electron chi connectivity index (χ3n) is 20.3. The van der Waals surface area contributed by atoms with Crippen LogP contribution in [-0.4, -0.2) is 304 Å². The molecule has 0 bridgehead atoms. The minimum atomic E-state index is -2.19. The van der Waals surface area contributed by atoms with Gasteiger partial charge >= 0.3 is 0 Å². The molecule has 48 nitrogen and oxygen atoms in total. The van der Waals surface area contributed by atoms with Gasteiger partial charge in [-0.2, -0.15) is 0 Å². The molecule has 0 spiro atoms. The average Bonchev–Trinajstić information content (AvgIpc) is 0.830. The summed E-state index contributed by atoms with van der Waals surface area (Å²) < 4.78 is 0. The van der Waals surface area contributed by atoms with Crippen LogP contribution in [0.15, 0.2) is 25.3 Å². The summed E-state index contributed by atoms with van der Waals surface area (Å²) in [4.78, 5) is 323. The summed E-state index contributed by atoms with van der Waals surface area (Å²) >= 11 is 0. The zero-order valence-corrected chi connectivity index (χ0v) is 77.3. The predicted octanol–water partition coefficient (Wildman–Crippen LogP) is -8.95. The monoisotopic (exact) mass is 1840 g/mol. The fraction of sp³-hybridized carbons (Fsp3) is 0.659. The number of carbonyl (C=O) groups excluding carboxylic acids is 24. The first-order valence-electron chi connectivity index (χ1n) is 42.8. The quantitative estimate of drug-likeness (QED) is 0.0153. The Hall–Kier alpha value is -12.0. The van der Waals surface area contributed by atoms with E-state index < -0.39 is 266 Å². The second kappa shape index (κ2) is 62.3. The number of amides is 16. The lowest BCUT2D eigenvalue weighted by atomic mass is 10.00. The summed E-state index contributed by atoms with van der Waals surface area (Å²) in [6.45, 7) is 31.8. The molecule has 0 rings (SSSR count). The summed E-state index contributed by atoms with van der Waals surface area (Å²) in [5.74, 6) is -19.7. The van der Waals surface area contributed by atoms with Crippen LogP contribution in [0.25, 0.3) is 0 Å². The van der Waals surface area contributed by atoms with Crippen molar-refractivity contribution in [2.75, 3.05) is 26.7 Å². The number of likely N-dealkylation sites (N-methyl/N-ethyl adjacent to an activating group) is 1. The highest BCUT2D eigenvalue weighted by Gasteiger charge is 2.41. The Morgan fingerprint density at radius 1 is 0.315 bits per heavy atom. The molecule has 0 heterocycles. The standard InChI is InChI=1S/C82H138N24O24/c1-22-27-28-59(115)87-48(15)72(120)105-66(95-55(37-111)42(8)9)82(130)106(31-23-2)67(85-30-33-108)81(129)93-51(18)71(119)90-52(19)73(121)100-62(94-54(36-110)34-41(6)7)78(126)102-61(86-46(13)35-109)77(125)103-65(98-58(40-114)45(12)26-5)80(128)104-64(97-57(39-113)44(11)25-4)79(127)99-60(84-29-32-107)75(123)91-49(16)70(118)89-53(20)74(122)101-63(96-56(38-112)43(10)24-3)76(124)92-50(17)69(117)88-47(14)68(116)83-21/h22-23,32-33,35-58,60-67,84-86,94-98H,1-2,24-31,34H2,3-21H3,(H,83,116)(H,87,115)(H,88,117)(H,89,118)(H,90,119)(H,91,123)(H,92,124)(H,93,129)(H,99,127)(H,100,121)(H,101,122)(H,102,126)(H,103,125)(H,104,128)(H,105,120)/t43-,44-,45-,46+,47+,48+,49+,50+,51+,52+,53+,54-,55+,56+,57+,58+,60-,61+,62-,63+,64+,65-,66-,67+/m1/s1. The Bertz CT molecular complexity index is 3860. The van der Waals surface area contributed by atoms with Crippen LogP contribution in [-0.2, 0) is 115 Å². The molecule has 24 atom stereocenters. The molecule has 0 saturated heterocycles. The van der Waals surface area contributed by atoms with Crippen molar-refractivity contribution < 1.29 is 115 Å². The SMILES string of the molecule is C=CCCC(=O)N[C@@H](C)C(=O)N[C@@H](N[C@@H](C=O)C(C)C)C(=O)N(CC=C)[C@H](NCC=O)C(=O)N[C@@H](C)C(=O)N[C@@H](C)C(=O)N[C@@H](N[C@@H](C=O)CC(C)C)C(=O)N[C@H](N[C@@H](C)C=O)C(=O)N[C@@H](N[C@@H](C=O)[C@H](C)CC)C(=O)N[C@H](N[C@@H](C=O)[C@H](C)CC)C(=O)N[C@@H](NCC=O)C(=O)N[C@@H](C)C(=O)N[C@@H](C)C(=O)N[C@H](N[C@@H](C=O)[C@H](C)CC)C(=O)N[C@@H](C)C(=O)N[C@@H](C)C(=O)NC. The van der Waals surface area contributed by atoms with Gasteiger partial charge in [0.05, 0.1) is 49.3 Å². The molecule has 0 saturated carbocycles. The molecular weight excluding hydrogens is 1710 g/mol. The van der Waals surface area contributed by atoms with Crippen LogP contribution in [0.4, 0.5) is 0 Å². The number of aldehydes is 8. The van der Waals surface area contributed by atoms with Gasteiger partial charge in [-0.05, 0) is 97.8 Å². The summed E-state index contributed by atoms with van der Waals surface area (Å²) in [6.07, 6.45) is -9.17. The zero-order chi connectivity index (χ0) is 99.5. The highest BCUT2D eigenvalue weighted by atomic mass is 16.2. The number of nitrogens with zero attached hydrogens (tertiary/aromatic N) is 1. The maximum atomic E-state index is 15.0. The van der Waals surface area contributed by atoms with E-state index in [0.29, 0.717) is 44.1 Å². The van der Waals surface area contributed by atoms with E-state index in [0.717, 1.165) is 25.7 Å². The summed E-state index contributed by atoms with van der Waals surface area (Å²) in [5, 5.41) is 56.5. The molecule has 48 heteroatoms. The molecule has 0 unspecified atom stereocenters. The normalized spacial score (nSPS) is 16.7. The lowest BCUT2D eigenvalue weighted by Crippen LogP contribution is -2.70. The Kier molecular flexibility index (Phi) is 56.6. The van der Waals surface area contributed by atoms with Crippen molar-refractivity contribution in [2.24, 2.45) is 29.6 Å². The van der Waals surface area contributed by atoms with Gasteiger partial charge in [0, 0.05) is 20.0 Å². The maximum Gasteiger partial charge on any atom is 0.262 e. The number of nitrogens with one attached hydrogen (secondary N) is 23. The predicted molar refractivity (Wildman–Crippen MR) is 470 cm³/mol. The molecule has 16 amide bonds. The molecular formula is C82H138N24O24. The van der Waals surface area contributed by atoms with Crippen LogP contribution in [0.3, 0.4) is 0 Å². The van der Waals surface area contributed by atoms with Crippen LogP contribution in [0.2, 0.25) is 0 Å². The van der Waals surface area contributed by atoms with Gasteiger partial charge in [-0.1, -0.05) is 101 Å². The zero-order valence-electron chi connectivity index (χ0n) is 77.3. The van der Waals surface area contributed by atoms with E-state index in [-0.39, 0.29) is 50.6 Å². The molecule has 0 radical (unpaired) electrons. The minimum Gasteiger partial charge on any atom is -0.357 e. The first-order chi connectivity index (χ1) is 61.2. The first kappa shape index (κ1) is 118. The Morgan fingerprint density at radius 2 is 0.623 bits per heavy atom. The fourth-order valence-electron chi connectivity index (χ4n) is 11.5. The van der Waals surface area contributed by atoms with Crippen LogP contribution >= 0.6 is 0 Å². The van der Waals surface area contributed by atoms with Crippen molar-refractivity contribution in [2.45, 2.75) is 291 Å². The van der Waals surface area contributed by atoms with Crippen LogP contribution in [0.5, 0.6) is 0 Å². The van der Waals surface area contributed by atoms with E-state index >= 15 is 4.79 Å². The van der Waals surface area contributed by atoms with Crippen molar-refractivity contribution in [3.63, 3.8) is 0 Å². The summed E-state index contributed by atoms with van der Waals surface area (Å²) in [6, 6.07) is -17.5. The van der Waals surface area contributed by atoms with Gasteiger partial charge in [0.1, 0.15) is 92.6 Å². The van der Waals surface area contributed by atoms with E-state index in [1.165, 1.54) is 53.8 Å². The Morgan fingerprint density at radius 3 is 0.962 bits per heavy atom. The van der Waals surface area contributed by atoms with E-state index in [1.54, 1.807) is 69.2 Å². The summed E-state index contributed by atoms with van der Waals surface area (Å²) in [7, 11) is 1.34. The molecule has 0 aliphatic rings. The molecule has 0 aliphatic heterocycles. The highest BCUT2D eigenvalue weighted by molar-refractivity contribution is 6.01. The van der Waals surface area contributed by atoms with E-state index in [4.69, 9.17) is 0 Å². The largest absolute Gasteiger partial charge is 0.357 e. The topological polar surface area (TPSA) is 690 Å². The third-order valence-corrected chi connectivity index (χ3v) is 20.3. The number of hydrogen-bond acceptors (Lipinski definition) is 32. The van der Waals surface area contributed by atoms with Gasteiger partial charge in [0.25, 0.3) is 47.3 Å². The minimum absolute atomic E-state index is 0.000977. The molecule has 23 N–H and O–H groups in total. The number of rotatable bonds is 68. The van der Waals surface area contributed by atoms with Crippen molar-refractivity contribution in [3.05, 3.63) is 25.3 Å². The average molecular weight is 1840 g/mol. The van der Waals surface area contributed by atoms with Crippen molar-refractivity contribution in [1.82, 2.24) is 127 Å². The van der Waals surface area contributed by atoms with Crippen molar-refractivity contribution in [3.8, 4) is 0 Å². The van der Waals surface area contributed by atoms with Crippen LogP contribution in [0.1, 0.15) is 163 Å². The lowest BCUT2D eigenvalue weighted by molar-refractivity contribution is -0.146. The van der Waals surface area contributed by atoms with Gasteiger partial charge in [0.2, 0.25) is 47.3 Å². The first-order valence-corrected chi connectivity index (χ1v) is 42.8. The van der Waals surface area contributed by atoms with Crippen LogP contribution in [0, 0.1) is 29.6 Å². The maximum absolute atomic E-state index is 15.0. The molecule has 0 aromatic heterocycles. The van der Waals surface area contributed by atoms with E-state index in [2.05, 4.69) is 135 Å². The highest BCUT2D eigenvalue weighted by Crippen LogP contribution is 2.13. The number of allylic oxidation sites excluding steroid dienone is 1. The van der Waals surface area contributed by atoms with E-state index in [1.807, 2.05) is 0 Å². The molecule has 0 aromatic carbocycles. The molecule has 0 aromatic rings. The van der Waals surface area contributed by atoms with Crippen molar-refractivity contribution >= 4 is 145 Å². The molecule has 130 heavy (non-hydrogen) atoms. The van der Waals surface area contributed by atoms with Crippen molar-refractivity contribution in [1.29, 1.82) is 0 Å². The fourth-order valence-corrected chi connectivity index (χ4v) is 11.5. The second-order valence-electron chi connectivity index (χ2n) is 31.9. The molecule has 730 valence electrons. The van der Waals surface area contributed by atoms with Gasteiger partial charge in [-0.25, -0.2) is 0 Å². The Labute approximate surface area is 756 Å². The van der Waals surface area contributed by atoms with E-state index in [9.17, 15) is 110 Å². The second-order valence-corrected chi connectivity index (χ2v) is 31.9. The lowest BCUT2D eigenvalue weighted by Gasteiger charge is -2.35. The van der Waals surface area contributed by atoms with Gasteiger partial charge in [0.15, 0.2) is 49.3 Å². The molecule has 0 aliphatic carbocycles. The van der Waals surface area contributed by atoms with Gasteiger partial charge in [-0.15, -0.1) is 13.2 Å². The molecule has 0 fully saturated rings.